The minimum Gasteiger partial charge on any atom is -0.329 e. The first-order valence-electron chi connectivity index (χ1n) is 6.08. The van der Waals surface area contributed by atoms with Crippen LogP contribution in [-0.2, 0) is 0 Å². The summed E-state index contributed by atoms with van der Waals surface area (Å²) in [7, 11) is 0. The van der Waals surface area contributed by atoms with Crippen molar-refractivity contribution in [2.24, 2.45) is 17.6 Å². The Morgan fingerprint density at radius 1 is 1.36 bits per heavy atom. The maximum absolute atomic E-state index is 6.02. The molecule has 0 spiro atoms. The Hall–Kier alpha value is -0.0800. The highest BCUT2D eigenvalue weighted by Gasteiger charge is 2.53. The lowest BCUT2D eigenvalue weighted by Gasteiger charge is -2.59. The van der Waals surface area contributed by atoms with Gasteiger partial charge in [0.25, 0.3) is 0 Å². The van der Waals surface area contributed by atoms with E-state index in [0.717, 1.165) is 24.4 Å². The lowest BCUT2D eigenvalue weighted by atomic mass is 9.59. The largest absolute Gasteiger partial charge is 0.329 e. The van der Waals surface area contributed by atoms with Crippen molar-refractivity contribution in [1.82, 2.24) is 4.90 Å². The van der Waals surface area contributed by atoms with Gasteiger partial charge in [0.05, 0.1) is 0 Å². The van der Waals surface area contributed by atoms with E-state index in [1.54, 1.807) is 0 Å². The van der Waals surface area contributed by atoms with Gasteiger partial charge in [-0.25, -0.2) is 0 Å². The van der Waals surface area contributed by atoms with Crippen molar-refractivity contribution in [3.05, 3.63) is 0 Å². The Balaban J connectivity index is 2.13. The number of hydrogen-bond donors (Lipinski definition) is 1. The van der Waals surface area contributed by atoms with Gasteiger partial charge in [0.2, 0.25) is 0 Å². The molecule has 1 saturated carbocycles. The van der Waals surface area contributed by atoms with Crippen LogP contribution in [0.2, 0.25) is 0 Å². The molecule has 2 aliphatic rings. The Kier molecular flexibility index (Phi) is 2.61. The first-order chi connectivity index (χ1) is 6.62. The average Bonchev–Trinajstić information content (AvgIpc) is 2.60. The summed E-state index contributed by atoms with van der Waals surface area (Å²) in [5.41, 5.74) is 6.38. The van der Waals surface area contributed by atoms with E-state index in [9.17, 15) is 0 Å². The fraction of sp³-hybridized carbons (Fsp3) is 1.00. The fourth-order valence-corrected chi connectivity index (χ4v) is 3.65. The Morgan fingerprint density at radius 3 is 2.43 bits per heavy atom. The molecule has 2 nitrogen and oxygen atoms in total. The molecule has 14 heavy (non-hydrogen) atoms. The number of nitrogens with two attached hydrogens (primary N) is 1. The number of hydrogen-bond acceptors (Lipinski definition) is 2. The first-order valence-corrected chi connectivity index (χ1v) is 6.08. The third-order valence-corrected chi connectivity index (χ3v) is 4.86. The smallest absolute Gasteiger partial charge is 0.0365 e. The molecule has 4 atom stereocenters. The molecule has 1 aliphatic carbocycles. The molecule has 2 heteroatoms. The number of rotatable bonds is 2. The fourth-order valence-electron chi connectivity index (χ4n) is 3.65. The predicted octanol–water partition coefficient (Wildman–Crippen LogP) is 1.84. The molecule has 4 unspecified atom stereocenters. The summed E-state index contributed by atoms with van der Waals surface area (Å²) in [6.07, 6.45) is 4.04. The van der Waals surface area contributed by atoms with Crippen LogP contribution in [0.1, 0.15) is 40.0 Å². The van der Waals surface area contributed by atoms with E-state index < -0.39 is 0 Å². The highest BCUT2D eigenvalue weighted by Crippen LogP contribution is 2.49. The third-order valence-electron chi connectivity index (χ3n) is 4.86. The van der Waals surface area contributed by atoms with Gasteiger partial charge in [-0.2, -0.15) is 0 Å². The summed E-state index contributed by atoms with van der Waals surface area (Å²) < 4.78 is 0. The molecular formula is C12H24N2. The molecule has 2 fully saturated rings. The normalized spacial score (nSPS) is 49.3. The van der Waals surface area contributed by atoms with Gasteiger partial charge >= 0.3 is 0 Å². The van der Waals surface area contributed by atoms with Crippen LogP contribution in [-0.4, -0.2) is 29.6 Å². The molecule has 0 bridgehead atoms. The van der Waals surface area contributed by atoms with Crippen molar-refractivity contribution in [2.75, 3.05) is 13.1 Å². The minimum atomic E-state index is 0.356. The summed E-state index contributed by atoms with van der Waals surface area (Å²) in [4.78, 5) is 2.69. The topological polar surface area (TPSA) is 29.3 Å². The van der Waals surface area contributed by atoms with Crippen LogP contribution >= 0.6 is 0 Å². The molecule has 82 valence electrons. The zero-order valence-electron chi connectivity index (χ0n) is 9.79. The van der Waals surface area contributed by atoms with Crippen LogP contribution < -0.4 is 5.73 Å². The second kappa shape index (κ2) is 3.49. The lowest BCUT2D eigenvalue weighted by Crippen LogP contribution is -2.67. The molecule has 1 saturated heterocycles. The van der Waals surface area contributed by atoms with Gasteiger partial charge < -0.3 is 5.73 Å². The second-order valence-electron chi connectivity index (χ2n) is 5.46. The number of nitrogens with zero attached hydrogens (tertiary/aromatic N) is 1. The summed E-state index contributed by atoms with van der Waals surface area (Å²) in [6, 6.07) is 0.758. The van der Waals surface area contributed by atoms with E-state index in [4.69, 9.17) is 5.73 Å². The highest BCUT2D eigenvalue weighted by atomic mass is 15.3. The van der Waals surface area contributed by atoms with Crippen LogP contribution in [0.15, 0.2) is 0 Å². The average molecular weight is 196 g/mol. The van der Waals surface area contributed by atoms with Crippen molar-refractivity contribution in [3.63, 3.8) is 0 Å². The second-order valence-corrected chi connectivity index (χ2v) is 5.46. The van der Waals surface area contributed by atoms with E-state index in [-0.39, 0.29) is 0 Å². The first kappa shape index (κ1) is 10.4. The van der Waals surface area contributed by atoms with E-state index >= 15 is 0 Å². The zero-order valence-corrected chi connectivity index (χ0v) is 9.79. The Labute approximate surface area is 87.8 Å². The van der Waals surface area contributed by atoms with Gasteiger partial charge in [-0.05, 0) is 44.6 Å². The van der Waals surface area contributed by atoms with Gasteiger partial charge in [0.1, 0.15) is 0 Å². The monoisotopic (exact) mass is 196 g/mol. The molecule has 2 rings (SSSR count). The van der Waals surface area contributed by atoms with Crippen molar-refractivity contribution >= 4 is 0 Å². The summed E-state index contributed by atoms with van der Waals surface area (Å²) in [5, 5.41) is 0. The lowest BCUT2D eigenvalue weighted by molar-refractivity contribution is -0.0749. The summed E-state index contributed by atoms with van der Waals surface area (Å²) in [6.45, 7) is 9.23. The van der Waals surface area contributed by atoms with Crippen molar-refractivity contribution in [1.29, 1.82) is 0 Å². The third kappa shape index (κ3) is 1.24. The van der Waals surface area contributed by atoms with Crippen molar-refractivity contribution in [2.45, 2.75) is 51.6 Å². The Bertz CT molecular complexity index is 216. The van der Waals surface area contributed by atoms with Crippen molar-refractivity contribution in [3.8, 4) is 0 Å². The molecule has 0 aromatic heterocycles. The summed E-state index contributed by atoms with van der Waals surface area (Å²) >= 11 is 0. The van der Waals surface area contributed by atoms with Crippen LogP contribution in [0, 0.1) is 11.8 Å². The molecule has 0 aromatic carbocycles. The van der Waals surface area contributed by atoms with E-state index in [2.05, 4.69) is 25.7 Å². The molecule has 0 amide bonds. The van der Waals surface area contributed by atoms with Gasteiger partial charge in [0, 0.05) is 18.1 Å². The SMILES string of the molecule is CC1CC(CN)(N2CCCC2C)C1C. The maximum Gasteiger partial charge on any atom is 0.0365 e. The van der Waals surface area contributed by atoms with E-state index in [1.165, 1.54) is 25.8 Å². The molecule has 2 N–H and O–H groups in total. The van der Waals surface area contributed by atoms with Gasteiger partial charge in [-0.3, -0.25) is 4.90 Å². The van der Waals surface area contributed by atoms with Crippen molar-refractivity contribution < 1.29 is 0 Å². The Morgan fingerprint density at radius 2 is 2.07 bits per heavy atom. The van der Waals surface area contributed by atoms with Crippen LogP contribution in [0.3, 0.4) is 0 Å². The quantitative estimate of drug-likeness (QED) is 0.730. The molecule has 0 aromatic rings. The van der Waals surface area contributed by atoms with Gasteiger partial charge in [-0.1, -0.05) is 13.8 Å². The predicted molar refractivity (Wildman–Crippen MR) is 60.1 cm³/mol. The summed E-state index contributed by atoms with van der Waals surface area (Å²) in [5.74, 6) is 1.65. The molecule has 1 heterocycles. The van der Waals surface area contributed by atoms with Gasteiger partial charge in [0.15, 0.2) is 0 Å². The molecule has 0 radical (unpaired) electrons. The number of likely N-dealkylation sites (tertiary alicyclic amines) is 1. The molecule has 1 aliphatic heterocycles. The van der Waals surface area contributed by atoms with E-state index in [0.29, 0.717) is 5.54 Å². The molecular weight excluding hydrogens is 172 g/mol. The highest BCUT2D eigenvalue weighted by molar-refractivity contribution is 5.09. The minimum absolute atomic E-state index is 0.356. The zero-order chi connectivity index (χ0) is 10.3. The maximum atomic E-state index is 6.02. The van der Waals surface area contributed by atoms with Crippen LogP contribution in [0.25, 0.3) is 0 Å². The van der Waals surface area contributed by atoms with Crippen LogP contribution in [0.5, 0.6) is 0 Å². The standard InChI is InChI=1S/C12H24N2/c1-9-7-12(8-13,11(9)3)14-6-4-5-10(14)2/h9-11H,4-8,13H2,1-3H3. The van der Waals surface area contributed by atoms with E-state index in [1.807, 2.05) is 0 Å². The van der Waals surface area contributed by atoms with Gasteiger partial charge in [-0.15, -0.1) is 0 Å². The van der Waals surface area contributed by atoms with Crippen LogP contribution in [0.4, 0.5) is 0 Å².